The number of carbonyl (C=O) groups excluding carboxylic acids is 1. The van der Waals surface area contributed by atoms with Crippen LogP contribution in [-0.2, 0) is 13.1 Å². The smallest absolute Gasteiger partial charge is 0.257 e. The fourth-order valence-electron chi connectivity index (χ4n) is 4.23. The highest BCUT2D eigenvalue weighted by Crippen LogP contribution is 2.33. The van der Waals surface area contributed by atoms with Crippen molar-refractivity contribution in [2.24, 2.45) is 0 Å². The van der Waals surface area contributed by atoms with Crippen LogP contribution in [0.3, 0.4) is 0 Å². The molecule has 1 amide bonds. The fraction of sp³-hybridized carbons (Fsp3) is 0.333. The van der Waals surface area contributed by atoms with Crippen molar-refractivity contribution in [3.05, 3.63) is 88.2 Å². The van der Waals surface area contributed by atoms with Crippen LogP contribution in [0.25, 0.3) is 0 Å². The summed E-state index contributed by atoms with van der Waals surface area (Å²) in [6, 6.07) is 18.2. The van der Waals surface area contributed by atoms with E-state index in [9.17, 15) is 4.79 Å². The Kier molecular flexibility index (Phi) is 6.50. The predicted octanol–water partition coefficient (Wildman–Crippen LogP) is 5.06. The van der Waals surface area contributed by atoms with Crippen LogP contribution in [0.2, 0.25) is 5.02 Å². The molecule has 0 saturated carbocycles. The number of amides is 1. The number of likely N-dealkylation sites (tertiary alicyclic amines) is 1. The zero-order valence-corrected chi connectivity index (χ0v) is 18.0. The average molecular weight is 423 g/mol. The van der Waals surface area contributed by atoms with Crippen LogP contribution in [0.4, 0.5) is 0 Å². The van der Waals surface area contributed by atoms with Gasteiger partial charge in [0.1, 0.15) is 0 Å². The molecular weight excluding hydrogens is 396 g/mol. The van der Waals surface area contributed by atoms with Crippen LogP contribution in [-0.4, -0.2) is 39.5 Å². The molecule has 2 aromatic carbocycles. The first-order chi connectivity index (χ1) is 14.6. The van der Waals surface area contributed by atoms with Crippen LogP contribution in [0, 0.1) is 0 Å². The van der Waals surface area contributed by atoms with E-state index < -0.39 is 0 Å². The fourth-order valence-corrected chi connectivity index (χ4v) is 4.45. The number of carbonyl (C=O) groups is 1. The van der Waals surface area contributed by atoms with Crippen molar-refractivity contribution < 1.29 is 4.79 Å². The molecule has 2 heterocycles. The first-order valence-electron chi connectivity index (χ1n) is 10.4. The van der Waals surface area contributed by atoms with Gasteiger partial charge in [-0.2, -0.15) is 5.10 Å². The van der Waals surface area contributed by atoms with Gasteiger partial charge in [0.2, 0.25) is 0 Å². The van der Waals surface area contributed by atoms with E-state index in [0.717, 1.165) is 48.6 Å². The molecule has 0 radical (unpaired) electrons. The number of nitrogens with one attached hydrogen (secondary N) is 1. The van der Waals surface area contributed by atoms with Crippen molar-refractivity contribution in [1.82, 2.24) is 20.0 Å². The van der Waals surface area contributed by atoms with E-state index >= 15 is 0 Å². The summed E-state index contributed by atoms with van der Waals surface area (Å²) >= 11 is 6.18. The van der Waals surface area contributed by atoms with E-state index in [2.05, 4.69) is 21.2 Å². The number of aromatic amines is 1. The Balaban J connectivity index is 1.53. The van der Waals surface area contributed by atoms with Crippen molar-refractivity contribution >= 4 is 17.5 Å². The van der Waals surface area contributed by atoms with Gasteiger partial charge in [0.05, 0.1) is 23.5 Å². The van der Waals surface area contributed by atoms with Crippen LogP contribution < -0.4 is 0 Å². The first kappa shape index (κ1) is 20.6. The molecule has 6 heteroatoms. The highest BCUT2D eigenvalue weighted by molar-refractivity contribution is 6.30. The van der Waals surface area contributed by atoms with Crippen LogP contribution in [0.5, 0.6) is 0 Å². The lowest BCUT2D eigenvalue weighted by Gasteiger charge is -2.35. The van der Waals surface area contributed by atoms with Crippen LogP contribution >= 0.6 is 11.6 Å². The molecule has 1 fully saturated rings. The molecule has 156 valence electrons. The molecule has 1 N–H and O–H groups in total. The minimum atomic E-state index is -0.00381. The highest BCUT2D eigenvalue weighted by Gasteiger charge is 2.30. The maximum absolute atomic E-state index is 13.2. The summed E-state index contributed by atoms with van der Waals surface area (Å²) in [4.78, 5) is 17.4. The number of H-pyrrole nitrogens is 1. The van der Waals surface area contributed by atoms with E-state index in [4.69, 9.17) is 11.6 Å². The van der Waals surface area contributed by atoms with Gasteiger partial charge in [0.25, 0.3) is 5.91 Å². The van der Waals surface area contributed by atoms with E-state index in [-0.39, 0.29) is 11.9 Å². The van der Waals surface area contributed by atoms with Gasteiger partial charge in [-0.05, 0) is 42.6 Å². The number of piperidine rings is 1. The molecule has 0 bridgehead atoms. The molecule has 1 aliphatic rings. The quantitative estimate of drug-likeness (QED) is 0.603. The second-order valence-electron chi connectivity index (χ2n) is 7.96. The maximum Gasteiger partial charge on any atom is 0.257 e. The third-order valence-electron chi connectivity index (χ3n) is 5.73. The SMILES string of the molecule is CN(Cc1ccccc1)C(=O)c1cn[nH]c1C1CCCCN1Cc1cccc(Cl)c1. The van der Waals surface area contributed by atoms with Gasteiger partial charge >= 0.3 is 0 Å². The van der Waals surface area contributed by atoms with Gasteiger partial charge in [0.15, 0.2) is 0 Å². The van der Waals surface area contributed by atoms with Gasteiger partial charge in [-0.3, -0.25) is 14.8 Å². The van der Waals surface area contributed by atoms with E-state index in [1.165, 1.54) is 5.56 Å². The Morgan fingerprint density at radius 3 is 2.77 bits per heavy atom. The third-order valence-corrected chi connectivity index (χ3v) is 5.97. The van der Waals surface area contributed by atoms with Crippen molar-refractivity contribution in [3.63, 3.8) is 0 Å². The predicted molar refractivity (Wildman–Crippen MR) is 119 cm³/mol. The molecule has 3 aromatic rings. The lowest BCUT2D eigenvalue weighted by Crippen LogP contribution is -2.35. The van der Waals surface area contributed by atoms with E-state index in [1.807, 2.05) is 55.6 Å². The normalized spacial score (nSPS) is 17.1. The topological polar surface area (TPSA) is 52.2 Å². The second-order valence-corrected chi connectivity index (χ2v) is 8.39. The maximum atomic E-state index is 13.2. The molecule has 1 aromatic heterocycles. The Hall–Kier alpha value is -2.63. The number of rotatable bonds is 6. The molecule has 4 rings (SSSR count). The monoisotopic (exact) mass is 422 g/mol. The minimum absolute atomic E-state index is 0.00381. The summed E-state index contributed by atoms with van der Waals surface area (Å²) in [5.41, 5.74) is 3.87. The largest absolute Gasteiger partial charge is 0.337 e. The van der Waals surface area contributed by atoms with Crippen LogP contribution in [0.15, 0.2) is 60.8 Å². The molecule has 0 aliphatic carbocycles. The van der Waals surface area contributed by atoms with Gasteiger partial charge in [-0.15, -0.1) is 0 Å². The molecule has 1 saturated heterocycles. The molecule has 1 aliphatic heterocycles. The lowest BCUT2D eigenvalue weighted by molar-refractivity contribution is 0.0776. The Morgan fingerprint density at radius 2 is 1.97 bits per heavy atom. The third kappa shape index (κ3) is 4.74. The lowest BCUT2D eigenvalue weighted by atomic mass is 9.96. The summed E-state index contributed by atoms with van der Waals surface area (Å²) in [5.74, 6) is -0.00381. The number of hydrogen-bond acceptors (Lipinski definition) is 3. The number of hydrogen-bond donors (Lipinski definition) is 1. The molecule has 1 atom stereocenters. The number of nitrogens with zero attached hydrogens (tertiary/aromatic N) is 3. The van der Waals surface area contributed by atoms with Gasteiger partial charge in [0, 0.05) is 25.2 Å². The summed E-state index contributed by atoms with van der Waals surface area (Å²) < 4.78 is 0. The summed E-state index contributed by atoms with van der Waals surface area (Å²) in [5, 5.41) is 8.13. The van der Waals surface area contributed by atoms with Crippen molar-refractivity contribution in [2.75, 3.05) is 13.6 Å². The van der Waals surface area contributed by atoms with Gasteiger partial charge < -0.3 is 4.90 Å². The van der Waals surface area contributed by atoms with Gasteiger partial charge in [-0.25, -0.2) is 0 Å². The summed E-state index contributed by atoms with van der Waals surface area (Å²) in [7, 11) is 1.84. The molecule has 30 heavy (non-hydrogen) atoms. The standard InChI is InChI=1S/C24H27ClN4O/c1-28(16-18-8-3-2-4-9-18)24(30)21-15-26-27-23(21)22-12-5-6-13-29(22)17-19-10-7-11-20(25)14-19/h2-4,7-11,14-15,22H,5-6,12-13,16-17H2,1H3,(H,26,27). The zero-order chi connectivity index (χ0) is 20.9. The summed E-state index contributed by atoms with van der Waals surface area (Å²) in [6.45, 7) is 2.36. The highest BCUT2D eigenvalue weighted by atomic mass is 35.5. The number of benzene rings is 2. The molecule has 1 unspecified atom stereocenters. The van der Waals surface area contributed by atoms with Crippen molar-refractivity contribution in [1.29, 1.82) is 0 Å². The van der Waals surface area contributed by atoms with E-state index in [1.54, 1.807) is 11.1 Å². The molecule has 5 nitrogen and oxygen atoms in total. The second kappa shape index (κ2) is 9.45. The molecule has 0 spiro atoms. The summed E-state index contributed by atoms with van der Waals surface area (Å²) in [6.07, 6.45) is 4.97. The first-order valence-corrected chi connectivity index (χ1v) is 10.8. The van der Waals surface area contributed by atoms with Crippen LogP contribution in [0.1, 0.15) is 52.5 Å². The number of aromatic nitrogens is 2. The van der Waals surface area contributed by atoms with E-state index in [0.29, 0.717) is 12.1 Å². The Bertz CT molecular complexity index is 988. The van der Waals surface area contributed by atoms with Gasteiger partial charge in [-0.1, -0.05) is 60.5 Å². The zero-order valence-electron chi connectivity index (χ0n) is 17.2. The average Bonchev–Trinajstić information content (AvgIpc) is 3.24. The number of halogens is 1. The molecular formula is C24H27ClN4O. The van der Waals surface area contributed by atoms with Crippen molar-refractivity contribution in [2.45, 2.75) is 38.4 Å². The minimum Gasteiger partial charge on any atom is -0.337 e. The Labute approximate surface area is 182 Å². The Morgan fingerprint density at radius 1 is 1.17 bits per heavy atom. The van der Waals surface area contributed by atoms with Crippen molar-refractivity contribution in [3.8, 4) is 0 Å².